The molecule has 1 aromatic rings. The van der Waals surface area contributed by atoms with Crippen LogP contribution in [-0.2, 0) is 39.1 Å². The van der Waals surface area contributed by atoms with Crippen LogP contribution in [0.25, 0.3) is 0 Å². The molecule has 0 atom stereocenters. The molecule has 1 aliphatic heterocycles. The summed E-state index contributed by atoms with van der Waals surface area (Å²) in [7, 11) is -6.05. The maximum atomic E-state index is 13.0. The van der Waals surface area contributed by atoms with E-state index in [9.17, 15) is 31.2 Å². The first-order valence-corrected chi connectivity index (χ1v) is 10.5. The van der Waals surface area contributed by atoms with Gasteiger partial charge >= 0.3 is 27.6 Å². The number of benzene rings is 1. The Morgan fingerprint density at radius 1 is 1.26 bits per heavy atom. The van der Waals surface area contributed by atoms with Crippen LogP contribution in [0, 0.1) is 6.92 Å². The summed E-state index contributed by atoms with van der Waals surface area (Å²) in [6.07, 6.45) is 3.17. The molecule has 1 aliphatic rings. The summed E-state index contributed by atoms with van der Waals surface area (Å²) in [5, 5.41) is 8.80. The maximum Gasteiger partial charge on any atom is 0.534 e. The Kier molecular flexibility index (Phi) is 7.20. The molecule has 1 heterocycles. The Morgan fingerprint density at radius 2 is 1.90 bits per heavy atom. The van der Waals surface area contributed by atoms with Crippen LogP contribution >= 0.6 is 0 Å². The summed E-state index contributed by atoms with van der Waals surface area (Å²) in [6, 6.07) is 0. The summed E-state index contributed by atoms with van der Waals surface area (Å²) >= 11 is 0. The van der Waals surface area contributed by atoms with Gasteiger partial charge in [0.2, 0.25) is 0 Å². The highest BCUT2D eigenvalue weighted by atomic mass is 32.2. The summed E-state index contributed by atoms with van der Waals surface area (Å²) < 4.78 is 71.9. The van der Waals surface area contributed by atoms with Gasteiger partial charge in [0.15, 0.2) is 5.75 Å². The number of rotatable bonds is 9. The van der Waals surface area contributed by atoms with Crippen molar-refractivity contribution >= 4 is 22.1 Å². The van der Waals surface area contributed by atoms with Crippen LogP contribution in [-0.4, -0.2) is 31.0 Å². The molecule has 0 aliphatic carbocycles. The first-order valence-electron chi connectivity index (χ1n) is 9.13. The van der Waals surface area contributed by atoms with E-state index < -0.39 is 33.3 Å². The van der Waals surface area contributed by atoms with Gasteiger partial charge in [-0.25, -0.2) is 4.79 Å². The van der Waals surface area contributed by atoms with Crippen LogP contribution in [0.3, 0.4) is 0 Å². The standard InChI is InChI=1S/C20H21F3O7S/c1-4-5-13-12(3)15-10-29-19(26)17(15)18(30-31(27,28)20(21,22)23)14(13)8-6-11(2)7-9-16(24)25/h4,6H,1,5,7-10H2,2-3H3,(H,24,25). The zero-order valence-electron chi connectivity index (χ0n) is 16.8. The third-order valence-corrected chi connectivity index (χ3v) is 5.79. The number of halogens is 3. The summed E-state index contributed by atoms with van der Waals surface area (Å²) in [4.78, 5) is 23.0. The van der Waals surface area contributed by atoms with Gasteiger partial charge in [-0.15, -0.1) is 6.58 Å². The molecule has 0 amide bonds. The number of esters is 1. The summed E-state index contributed by atoms with van der Waals surface area (Å²) in [5.41, 5.74) is -4.09. The van der Waals surface area contributed by atoms with Gasteiger partial charge in [0.1, 0.15) is 12.2 Å². The number of carboxylic acids is 1. The lowest BCUT2D eigenvalue weighted by molar-refractivity contribution is -0.136. The van der Waals surface area contributed by atoms with Gasteiger partial charge in [-0.3, -0.25) is 4.79 Å². The highest BCUT2D eigenvalue weighted by Crippen LogP contribution is 2.41. The monoisotopic (exact) mass is 462 g/mol. The molecule has 170 valence electrons. The molecule has 11 heteroatoms. The van der Waals surface area contributed by atoms with E-state index in [1.54, 1.807) is 19.9 Å². The van der Waals surface area contributed by atoms with Crippen molar-refractivity contribution in [3.05, 3.63) is 52.1 Å². The minimum absolute atomic E-state index is 0.0671. The number of alkyl halides is 3. The van der Waals surface area contributed by atoms with E-state index in [1.807, 2.05) is 0 Å². The van der Waals surface area contributed by atoms with Crippen molar-refractivity contribution in [3.8, 4) is 5.75 Å². The Bertz CT molecular complexity index is 1050. The fraction of sp³-hybridized carbons (Fsp3) is 0.400. The van der Waals surface area contributed by atoms with Gasteiger partial charge in [-0.2, -0.15) is 21.6 Å². The molecule has 31 heavy (non-hydrogen) atoms. The van der Waals surface area contributed by atoms with Crippen LogP contribution < -0.4 is 4.18 Å². The third-order valence-electron chi connectivity index (χ3n) is 4.84. The number of ether oxygens (including phenoxy) is 1. The van der Waals surface area contributed by atoms with E-state index in [1.165, 1.54) is 6.08 Å². The zero-order chi connectivity index (χ0) is 23.6. The van der Waals surface area contributed by atoms with Crippen molar-refractivity contribution in [1.82, 2.24) is 0 Å². The number of hydrogen-bond acceptors (Lipinski definition) is 6. The Balaban J connectivity index is 2.70. The van der Waals surface area contributed by atoms with E-state index in [0.717, 1.165) is 0 Å². The second-order valence-corrected chi connectivity index (χ2v) is 8.50. The molecule has 0 saturated carbocycles. The third kappa shape index (κ3) is 5.27. The molecular weight excluding hydrogens is 441 g/mol. The molecule has 0 aromatic heterocycles. The lowest BCUT2D eigenvalue weighted by Crippen LogP contribution is -2.29. The summed E-state index contributed by atoms with van der Waals surface area (Å²) in [5.74, 6) is -2.72. The topological polar surface area (TPSA) is 107 Å². The van der Waals surface area contributed by atoms with Crippen molar-refractivity contribution < 1.29 is 45.2 Å². The fourth-order valence-corrected chi connectivity index (χ4v) is 3.69. The van der Waals surface area contributed by atoms with Crippen LogP contribution in [0.4, 0.5) is 13.2 Å². The van der Waals surface area contributed by atoms with E-state index in [2.05, 4.69) is 10.8 Å². The average Bonchev–Trinajstić information content (AvgIpc) is 3.04. The van der Waals surface area contributed by atoms with Crippen molar-refractivity contribution in [1.29, 1.82) is 0 Å². The Hall–Kier alpha value is -2.82. The molecule has 0 bridgehead atoms. The number of hydrogen-bond donors (Lipinski definition) is 1. The first kappa shape index (κ1) is 24.4. The minimum atomic E-state index is -6.05. The SMILES string of the molecule is C=CCc1c(C)c2c(c(OS(=O)(=O)C(F)(F)F)c1CC=C(C)CCC(=O)O)C(=O)OC2. The van der Waals surface area contributed by atoms with Crippen LogP contribution in [0.1, 0.15) is 52.4 Å². The van der Waals surface area contributed by atoms with Gasteiger partial charge in [-0.05, 0) is 44.2 Å². The number of carbonyl (C=O) groups is 2. The molecule has 1 aromatic carbocycles. The first-order chi connectivity index (χ1) is 14.3. The van der Waals surface area contributed by atoms with E-state index in [4.69, 9.17) is 9.84 Å². The van der Waals surface area contributed by atoms with Gasteiger partial charge in [-0.1, -0.05) is 17.7 Å². The smallest absolute Gasteiger partial charge is 0.481 e. The molecule has 0 fully saturated rings. The average molecular weight is 462 g/mol. The predicted octanol–water partition coefficient (Wildman–Crippen LogP) is 3.98. The number of carbonyl (C=O) groups excluding carboxylic acids is 1. The fourth-order valence-electron chi connectivity index (χ4n) is 3.20. The van der Waals surface area contributed by atoms with E-state index in [0.29, 0.717) is 16.7 Å². The number of cyclic esters (lactones) is 1. The maximum absolute atomic E-state index is 13.0. The van der Waals surface area contributed by atoms with Crippen molar-refractivity contribution in [2.45, 2.75) is 51.6 Å². The van der Waals surface area contributed by atoms with Crippen molar-refractivity contribution in [2.24, 2.45) is 0 Å². The van der Waals surface area contributed by atoms with Gasteiger partial charge in [0, 0.05) is 17.5 Å². The molecule has 1 N–H and O–H groups in total. The molecule has 0 radical (unpaired) electrons. The number of carboxylic acid groups (broad SMARTS) is 1. The molecule has 0 spiro atoms. The lowest BCUT2D eigenvalue weighted by atomic mass is 9.88. The molecule has 0 unspecified atom stereocenters. The van der Waals surface area contributed by atoms with Crippen LogP contribution in [0.5, 0.6) is 5.75 Å². The number of aliphatic carboxylic acids is 1. The quantitative estimate of drug-likeness (QED) is 0.256. The second-order valence-electron chi connectivity index (χ2n) is 6.97. The second kappa shape index (κ2) is 9.13. The molecule has 2 rings (SSSR count). The minimum Gasteiger partial charge on any atom is -0.481 e. The number of fused-ring (bicyclic) bond motifs is 1. The van der Waals surface area contributed by atoms with Crippen LogP contribution in [0.15, 0.2) is 24.3 Å². The van der Waals surface area contributed by atoms with E-state index >= 15 is 0 Å². The van der Waals surface area contributed by atoms with Gasteiger partial charge in [0.05, 0.1) is 0 Å². The Labute approximate surface area is 177 Å². The number of allylic oxidation sites excluding steroid dienone is 3. The van der Waals surface area contributed by atoms with Crippen molar-refractivity contribution in [2.75, 3.05) is 0 Å². The molecular formula is C20H21F3O7S. The van der Waals surface area contributed by atoms with Crippen LogP contribution in [0.2, 0.25) is 0 Å². The largest absolute Gasteiger partial charge is 0.534 e. The van der Waals surface area contributed by atoms with Gasteiger partial charge in [0.25, 0.3) is 0 Å². The zero-order valence-corrected chi connectivity index (χ0v) is 17.7. The molecule has 0 saturated heterocycles. The van der Waals surface area contributed by atoms with Gasteiger partial charge < -0.3 is 14.0 Å². The summed E-state index contributed by atoms with van der Waals surface area (Å²) in [6.45, 7) is 6.68. The lowest BCUT2D eigenvalue weighted by Gasteiger charge is -2.20. The highest BCUT2D eigenvalue weighted by Gasteiger charge is 2.50. The Morgan fingerprint density at radius 3 is 2.45 bits per heavy atom. The van der Waals surface area contributed by atoms with Crippen molar-refractivity contribution in [3.63, 3.8) is 0 Å². The normalized spacial score (nSPS) is 14.2. The predicted molar refractivity (Wildman–Crippen MR) is 104 cm³/mol. The highest BCUT2D eigenvalue weighted by molar-refractivity contribution is 7.88. The molecule has 7 nitrogen and oxygen atoms in total. The van der Waals surface area contributed by atoms with E-state index in [-0.39, 0.29) is 49.0 Å².